The van der Waals surface area contributed by atoms with Gasteiger partial charge < -0.3 is 9.47 Å². The second-order valence-electron chi connectivity index (χ2n) is 5.83. The maximum Gasteiger partial charge on any atom is 0.188 e. The number of halogens is 2. The Labute approximate surface area is 141 Å². The van der Waals surface area contributed by atoms with Crippen LogP contribution in [0.1, 0.15) is 52.0 Å². The third kappa shape index (κ3) is 4.56. The van der Waals surface area contributed by atoms with Crippen molar-refractivity contribution in [2.45, 2.75) is 51.9 Å². The number of rotatable bonds is 9. The van der Waals surface area contributed by atoms with E-state index in [1.165, 1.54) is 6.07 Å². The highest BCUT2D eigenvalue weighted by Gasteiger charge is 2.34. The Morgan fingerprint density at radius 3 is 2.55 bits per heavy atom. The lowest BCUT2D eigenvalue weighted by molar-refractivity contribution is 0.0486. The van der Waals surface area contributed by atoms with E-state index < -0.39 is 0 Å². The molecule has 0 fully saturated rings. The maximum absolute atomic E-state index is 14.0. The average Bonchev–Trinajstić information content (AvgIpc) is 2.44. The van der Waals surface area contributed by atoms with Crippen molar-refractivity contribution >= 4 is 15.9 Å². The van der Waals surface area contributed by atoms with E-state index >= 15 is 0 Å². The fourth-order valence-corrected chi connectivity index (χ4v) is 3.63. The normalized spacial score (nSPS) is 13.7. The van der Waals surface area contributed by atoms with Gasteiger partial charge in [-0.3, -0.25) is 0 Å². The van der Waals surface area contributed by atoms with Gasteiger partial charge in [0.2, 0.25) is 0 Å². The Hall–Kier alpha value is -0.870. The van der Waals surface area contributed by atoms with Crippen molar-refractivity contribution in [1.82, 2.24) is 0 Å². The number of methoxy groups -OCH3 is 1. The Bertz CT molecular complexity index is 516. The molecule has 0 aliphatic carbocycles. The van der Waals surface area contributed by atoms with Crippen molar-refractivity contribution in [1.29, 1.82) is 0 Å². The molecule has 4 heteroatoms. The van der Waals surface area contributed by atoms with E-state index in [-0.39, 0.29) is 18.0 Å². The highest BCUT2D eigenvalue weighted by molar-refractivity contribution is 9.10. The lowest BCUT2D eigenvalue weighted by Gasteiger charge is -2.35. The third-order valence-electron chi connectivity index (χ3n) is 3.95. The van der Waals surface area contributed by atoms with E-state index in [0.29, 0.717) is 10.2 Å². The SMILES string of the molecule is C=C(C)CC(CC)(CCC)c1cc(F)cc(Br)c1OCOC. The average molecular weight is 373 g/mol. The monoisotopic (exact) mass is 372 g/mol. The van der Waals surface area contributed by atoms with Crippen molar-refractivity contribution in [3.05, 3.63) is 40.1 Å². The molecule has 0 aliphatic heterocycles. The predicted molar refractivity (Wildman–Crippen MR) is 92.9 cm³/mol. The van der Waals surface area contributed by atoms with Gasteiger partial charge in [-0.25, -0.2) is 4.39 Å². The fourth-order valence-electron chi connectivity index (χ4n) is 3.09. The molecule has 0 bridgehead atoms. The molecule has 0 N–H and O–H groups in total. The smallest absolute Gasteiger partial charge is 0.188 e. The molecule has 0 aliphatic rings. The molecule has 0 radical (unpaired) electrons. The molecule has 22 heavy (non-hydrogen) atoms. The van der Waals surface area contributed by atoms with Crippen LogP contribution in [0.5, 0.6) is 5.75 Å². The lowest BCUT2D eigenvalue weighted by Crippen LogP contribution is -2.27. The zero-order valence-corrected chi connectivity index (χ0v) is 15.6. The van der Waals surface area contributed by atoms with Crippen LogP contribution in [0.15, 0.2) is 28.8 Å². The molecule has 0 saturated heterocycles. The summed E-state index contributed by atoms with van der Waals surface area (Å²) in [6, 6.07) is 3.03. The van der Waals surface area contributed by atoms with Crippen LogP contribution in [0.2, 0.25) is 0 Å². The molecule has 124 valence electrons. The van der Waals surface area contributed by atoms with Gasteiger partial charge in [-0.05, 0) is 54.2 Å². The topological polar surface area (TPSA) is 18.5 Å². The summed E-state index contributed by atoms with van der Waals surface area (Å²) in [5.74, 6) is 0.405. The quantitative estimate of drug-likeness (QED) is 0.391. The zero-order chi connectivity index (χ0) is 16.8. The summed E-state index contributed by atoms with van der Waals surface area (Å²) in [4.78, 5) is 0. The van der Waals surface area contributed by atoms with Gasteiger partial charge in [0.1, 0.15) is 11.6 Å². The molecular weight excluding hydrogens is 347 g/mol. The summed E-state index contributed by atoms with van der Waals surface area (Å²) in [7, 11) is 1.57. The van der Waals surface area contributed by atoms with Gasteiger partial charge in [0.05, 0.1) is 4.47 Å². The van der Waals surface area contributed by atoms with Crippen LogP contribution < -0.4 is 4.74 Å². The highest BCUT2D eigenvalue weighted by atomic mass is 79.9. The van der Waals surface area contributed by atoms with Crippen molar-refractivity contribution < 1.29 is 13.9 Å². The maximum atomic E-state index is 14.0. The minimum atomic E-state index is -0.262. The highest BCUT2D eigenvalue weighted by Crippen LogP contribution is 2.46. The van der Waals surface area contributed by atoms with Crippen LogP contribution in [-0.4, -0.2) is 13.9 Å². The predicted octanol–water partition coefficient (Wildman–Crippen LogP) is 5.99. The van der Waals surface area contributed by atoms with Gasteiger partial charge in [0.25, 0.3) is 0 Å². The van der Waals surface area contributed by atoms with Crippen molar-refractivity contribution in [3.63, 3.8) is 0 Å². The molecule has 0 aromatic heterocycles. The third-order valence-corrected chi connectivity index (χ3v) is 4.54. The van der Waals surface area contributed by atoms with Gasteiger partial charge in [0, 0.05) is 18.1 Å². The Morgan fingerprint density at radius 2 is 2.05 bits per heavy atom. The molecule has 0 spiro atoms. The van der Waals surface area contributed by atoms with Crippen LogP contribution in [0.3, 0.4) is 0 Å². The Balaban J connectivity index is 3.47. The fraction of sp³-hybridized carbons (Fsp3) is 0.556. The van der Waals surface area contributed by atoms with E-state index in [4.69, 9.17) is 9.47 Å². The van der Waals surface area contributed by atoms with E-state index in [1.807, 2.05) is 6.92 Å². The molecule has 1 aromatic carbocycles. The second-order valence-corrected chi connectivity index (χ2v) is 6.69. The van der Waals surface area contributed by atoms with Gasteiger partial charge in [-0.1, -0.05) is 25.8 Å². The largest absolute Gasteiger partial charge is 0.466 e. The van der Waals surface area contributed by atoms with Crippen LogP contribution in [-0.2, 0) is 10.2 Å². The lowest BCUT2D eigenvalue weighted by atomic mass is 9.70. The summed E-state index contributed by atoms with van der Waals surface area (Å²) < 4.78 is 25.4. The van der Waals surface area contributed by atoms with Gasteiger partial charge in [-0.15, -0.1) is 6.58 Å². The van der Waals surface area contributed by atoms with E-state index in [0.717, 1.165) is 36.8 Å². The summed E-state index contributed by atoms with van der Waals surface area (Å²) in [5.41, 5.74) is 1.81. The number of ether oxygens (including phenoxy) is 2. The minimum absolute atomic E-state index is 0.135. The van der Waals surface area contributed by atoms with Crippen LogP contribution in [0.4, 0.5) is 4.39 Å². The Morgan fingerprint density at radius 1 is 1.36 bits per heavy atom. The summed E-state index contributed by atoms with van der Waals surface area (Å²) in [5, 5.41) is 0. The molecule has 0 saturated carbocycles. The first-order chi connectivity index (χ1) is 10.4. The van der Waals surface area contributed by atoms with Crippen molar-refractivity contribution in [2.24, 2.45) is 0 Å². The van der Waals surface area contributed by atoms with E-state index in [9.17, 15) is 4.39 Å². The molecule has 1 aromatic rings. The van der Waals surface area contributed by atoms with Gasteiger partial charge >= 0.3 is 0 Å². The number of hydrogen-bond donors (Lipinski definition) is 0. The standard InChI is InChI=1S/C18H26BrFO2/c1-6-8-18(7-2,11-13(3)4)15-9-14(20)10-16(19)17(15)22-12-21-5/h9-10H,3,6-8,11-12H2,1-2,4-5H3. The first kappa shape index (κ1) is 19.2. The van der Waals surface area contributed by atoms with Gasteiger partial charge in [0.15, 0.2) is 6.79 Å². The molecule has 1 rings (SSSR count). The summed E-state index contributed by atoms with van der Waals surface area (Å²) >= 11 is 3.42. The molecule has 2 nitrogen and oxygen atoms in total. The molecule has 0 heterocycles. The second kappa shape index (κ2) is 8.68. The number of allylic oxidation sites excluding steroid dienone is 1. The molecule has 1 unspecified atom stereocenters. The van der Waals surface area contributed by atoms with Crippen molar-refractivity contribution in [3.8, 4) is 5.75 Å². The van der Waals surface area contributed by atoms with E-state index in [1.54, 1.807) is 13.2 Å². The first-order valence-electron chi connectivity index (χ1n) is 7.65. The first-order valence-corrected chi connectivity index (χ1v) is 8.45. The van der Waals surface area contributed by atoms with Gasteiger partial charge in [-0.2, -0.15) is 0 Å². The van der Waals surface area contributed by atoms with Crippen molar-refractivity contribution in [2.75, 3.05) is 13.9 Å². The van der Waals surface area contributed by atoms with Crippen LogP contribution >= 0.6 is 15.9 Å². The number of hydrogen-bond acceptors (Lipinski definition) is 2. The minimum Gasteiger partial charge on any atom is -0.466 e. The zero-order valence-electron chi connectivity index (χ0n) is 14.0. The van der Waals surface area contributed by atoms with Crippen LogP contribution in [0, 0.1) is 5.82 Å². The Kier molecular flexibility index (Phi) is 7.57. The summed E-state index contributed by atoms with van der Waals surface area (Å²) in [6.45, 7) is 10.5. The summed E-state index contributed by atoms with van der Waals surface area (Å²) in [6.07, 6.45) is 3.68. The van der Waals surface area contributed by atoms with Crippen LogP contribution in [0.25, 0.3) is 0 Å². The molecule has 0 amide bonds. The molecular formula is C18H26BrFO2. The van der Waals surface area contributed by atoms with E-state index in [2.05, 4.69) is 36.4 Å². The number of benzene rings is 1. The molecule has 1 atom stereocenters.